The van der Waals surface area contributed by atoms with Crippen LogP contribution in [0.15, 0.2) is 23.1 Å². The van der Waals surface area contributed by atoms with Crippen molar-refractivity contribution in [3.05, 3.63) is 24.0 Å². The van der Waals surface area contributed by atoms with E-state index in [-0.39, 0.29) is 29.6 Å². The first kappa shape index (κ1) is 15.7. The minimum Gasteiger partial charge on any atom is -0.399 e. The van der Waals surface area contributed by atoms with Crippen molar-refractivity contribution in [3.63, 3.8) is 0 Å². The van der Waals surface area contributed by atoms with Gasteiger partial charge in [-0.1, -0.05) is 0 Å². The zero-order valence-corrected chi connectivity index (χ0v) is 12.9. The highest BCUT2D eigenvalue weighted by Gasteiger charge is 2.47. The predicted molar refractivity (Wildman–Crippen MR) is 76.4 cm³/mol. The lowest BCUT2D eigenvalue weighted by Gasteiger charge is -2.43. The number of rotatable bonds is 2. The van der Waals surface area contributed by atoms with Gasteiger partial charge < -0.3 is 10.6 Å². The third kappa shape index (κ3) is 2.60. The number of nitrogen functional groups attached to an aromatic ring is 1. The largest absolute Gasteiger partial charge is 0.399 e. The quantitative estimate of drug-likeness (QED) is 0.812. The van der Waals surface area contributed by atoms with Crippen molar-refractivity contribution >= 4 is 21.6 Å². The molecule has 0 spiro atoms. The number of carbonyl (C=O) groups is 1. The maximum atomic E-state index is 13.4. The van der Waals surface area contributed by atoms with Crippen molar-refractivity contribution in [2.24, 2.45) is 0 Å². The van der Waals surface area contributed by atoms with Crippen LogP contribution < -0.4 is 5.73 Å². The molecule has 1 amide bonds. The molecule has 1 aromatic rings. The van der Waals surface area contributed by atoms with E-state index in [1.807, 2.05) is 0 Å². The minimum atomic E-state index is -4.01. The van der Waals surface area contributed by atoms with Crippen LogP contribution in [0, 0.1) is 5.82 Å². The standard InChI is InChI=1S/C13H18FN3O3S/c1-13(2)12(18)16(3)4-5-17(13)21(19,20)11-7-9(14)6-10(15)8-11/h6-8H,4-5,15H2,1-3H3. The molecular formula is C13H18FN3O3S. The van der Waals surface area contributed by atoms with Crippen molar-refractivity contribution in [1.29, 1.82) is 0 Å². The van der Waals surface area contributed by atoms with Crippen LogP contribution in [-0.4, -0.2) is 49.2 Å². The van der Waals surface area contributed by atoms with E-state index < -0.39 is 21.4 Å². The molecule has 1 aliphatic rings. The first-order valence-corrected chi connectivity index (χ1v) is 7.85. The number of likely N-dealkylation sites (N-methyl/N-ethyl adjacent to an activating group) is 1. The van der Waals surface area contributed by atoms with Crippen molar-refractivity contribution in [2.45, 2.75) is 24.3 Å². The lowest BCUT2D eigenvalue weighted by atomic mass is 10.0. The van der Waals surface area contributed by atoms with E-state index in [1.165, 1.54) is 24.8 Å². The number of piperazine rings is 1. The summed E-state index contributed by atoms with van der Waals surface area (Å²) in [6, 6.07) is 3.14. The second-order valence-corrected chi connectivity index (χ2v) is 7.45. The van der Waals surface area contributed by atoms with Crippen LogP contribution in [0.2, 0.25) is 0 Å². The van der Waals surface area contributed by atoms with Crippen molar-refractivity contribution in [1.82, 2.24) is 9.21 Å². The highest BCUT2D eigenvalue weighted by molar-refractivity contribution is 7.89. The minimum absolute atomic E-state index is 0.0202. The van der Waals surface area contributed by atoms with Crippen LogP contribution >= 0.6 is 0 Å². The van der Waals surface area contributed by atoms with Gasteiger partial charge >= 0.3 is 0 Å². The van der Waals surface area contributed by atoms with Gasteiger partial charge in [0.25, 0.3) is 0 Å². The number of hydrogen-bond acceptors (Lipinski definition) is 4. The maximum Gasteiger partial charge on any atom is 0.244 e. The first-order chi connectivity index (χ1) is 9.56. The molecule has 1 fully saturated rings. The molecule has 116 valence electrons. The van der Waals surface area contributed by atoms with Gasteiger partial charge in [-0.15, -0.1) is 0 Å². The predicted octanol–water partition coefficient (Wildman–Crippen LogP) is 0.649. The molecule has 0 bridgehead atoms. The summed E-state index contributed by atoms with van der Waals surface area (Å²) in [5, 5.41) is 0. The van der Waals surface area contributed by atoms with Gasteiger partial charge in [-0.2, -0.15) is 4.31 Å². The zero-order valence-electron chi connectivity index (χ0n) is 12.1. The average molecular weight is 315 g/mol. The number of benzene rings is 1. The number of anilines is 1. The maximum absolute atomic E-state index is 13.4. The summed E-state index contributed by atoms with van der Waals surface area (Å²) in [6.45, 7) is 3.50. The summed E-state index contributed by atoms with van der Waals surface area (Å²) >= 11 is 0. The molecule has 0 aliphatic carbocycles. The number of hydrogen-bond donors (Lipinski definition) is 1. The first-order valence-electron chi connectivity index (χ1n) is 6.41. The van der Waals surface area contributed by atoms with Crippen LogP contribution in [0.1, 0.15) is 13.8 Å². The molecule has 1 aliphatic heterocycles. The number of nitrogens with two attached hydrogens (primary N) is 1. The summed E-state index contributed by atoms with van der Waals surface area (Å²) in [5.41, 5.74) is 4.30. The van der Waals surface area contributed by atoms with Crippen molar-refractivity contribution in [3.8, 4) is 0 Å². The molecule has 0 radical (unpaired) electrons. The Hall–Kier alpha value is -1.67. The summed E-state index contributed by atoms with van der Waals surface area (Å²) in [4.78, 5) is 13.4. The molecule has 1 heterocycles. The highest BCUT2D eigenvalue weighted by atomic mass is 32.2. The zero-order chi connectivity index (χ0) is 16.0. The molecule has 21 heavy (non-hydrogen) atoms. The number of amides is 1. The van der Waals surface area contributed by atoms with Crippen LogP contribution in [-0.2, 0) is 14.8 Å². The Labute approximate surface area is 123 Å². The molecule has 2 N–H and O–H groups in total. The van der Waals surface area contributed by atoms with Gasteiger partial charge in [0.1, 0.15) is 11.4 Å². The van der Waals surface area contributed by atoms with E-state index in [4.69, 9.17) is 5.73 Å². The summed E-state index contributed by atoms with van der Waals surface area (Å²) in [5.74, 6) is -1.03. The summed E-state index contributed by atoms with van der Waals surface area (Å²) in [6.07, 6.45) is 0. The number of sulfonamides is 1. The van der Waals surface area contributed by atoms with E-state index in [0.717, 1.165) is 16.4 Å². The Bertz CT molecular complexity index is 668. The number of carbonyl (C=O) groups excluding carboxylic acids is 1. The lowest BCUT2D eigenvalue weighted by Crippen LogP contribution is -2.63. The fourth-order valence-corrected chi connectivity index (χ4v) is 4.28. The summed E-state index contributed by atoms with van der Waals surface area (Å²) in [7, 11) is -2.39. The average Bonchev–Trinajstić information content (AvgIpc) is 2.34. The molecule has 8 heteroatoms. The Kier molecular flexibility index (Phi) is 3.71. The normalized spacial score (nSPS) is 19.8. The Morgan fingerprint density at radius 3 is 2.43 bits per heavy atom. The third-order valence-corrected chi connectivity index (χ3v) is 5.66. The van der Waals surface area contributed by atoms with E-state index in [9.17, 15) is 17.6 Å². The molecule has 2 rings (SSSR count). The molecule has 0 unspecified atom stereocenters. The van der Waals surface area contributed by atoms with Gasteiger partial charge in [0.2, 0.25) is 15.9 Å². The number of halogens is 1. The van der Waals surface area contributed by atoms with Gasteiger partial charge in [-0.05, 0) is 32.0 Å². The molecule has 0 atom stereocenters. The van der Waals surface area contributed by atoms with Crippen LogP contribution in [0.5, 0.6) is 0 Å². The van der Waals surface area contributed by atoms with Crippen LogP contribution in [0.4, 0.5) is 10.1 Å². The Balaban J connectivity index is 2.51. The molecule has 1 aromatic carbocycles. The SMILES string of the molecule is CN1CCN(S(=O)(=O)c2cc(N)cc(F)c2)C(C)(C)C1=O. The monoisotopic (exact) mass is 315 g/mol. The second-order valence-electron chi connectivity index (χ2n) is 5.58. The Morgan fingerprint density at radius 1 is 1.24 bits per heavy atom. The third-order valence-electron chi connectivity index (χ3n) is 3.61. The molecule has 1 saturated heterocycles. The highest BCUT2D eigenvalue weighted by Crippen LogP contribution is 2.30. The Morgan fingerprint density at radius 2 is 1.86 bits per heavy atom. The molecule has 0 aromatic heterocycles. The van der Waals surface area contributed by atoms with Gasteiger partial charge in [0.05, 0.1) is 4.90 Å². The van der Waals surface area contributed by atoms with Gasteiger partial charge in [-0.25, -0.2) is 12.8 Å². The number of nitrogens with zero attached hydrogens (tertiary/aromatic N) is 2. The van der Waals surface area contributed by atoms with E-state index in [1.54, 1.807) is 7.05 Å². The fourth-order valence-electron chi connectivity index (χ4n) is 2.48. The van der Waals surface area contributed by atoms with Gasteiger partial charge in [-0.3, -0.25) is 4.79 Å². The lowest BCUT2D eigenvalue weighted by molar-refractivity contribution is -0.142. The van der Waals surface area contributed by atoms with E-state index in [0.29, 0.717) is 0 Å². The van der Waals surface area contributed by atoms with E-state index in [2.05, 4.69) is 0 Å². The van der Waals surface area contributed by atoms with E-state index >= 15 is 0 Å². The van der Waals surface area contributed by atoms with Crippen LogP contribution in [0.25, 0.3) is 0 Å². The van der Waals surface area contributed by atoms with Crippen LogP contribution in [0.3, 0.4) is 0 Å². The second kappa shape index (κ2) is 4.96. The molecule has 0 saturated carbocycles. The van der Waals surface area contributed by atoms with Crippen molar-refractivity contribution < 1.29 is 17.6 Å². The molecular weight excluding hydrogens is 297 g/mol. The van der Waals surface area contributed by atoms with Gasteiger partial charge in [0, 0.05) is 25.8 Å². The molecule has 6 nitrogen and oxygen atoms in total. The van der Waals surface area contributed by atoms with Crippen molar-refractivity contribution in [2.75, 3.05) is 25.9 Å². The van der Waals surface area contributed by atoms with Gasteiger partial charge in [0.15, 0.2) is 0 Å². The summed E-state index contributed by atoms with van der Waals surface area (Å²) < 4.78 is 39.9. The smallest absolute Gasteiger partial charge is 0.244 e. The fraction of sp³-hybridized carbons (Fsp3) is 0.462. The topological polar surface area (TPSA) is 83.7 Å².